The van der Waals surface area contributed by atoms with Gasteiger partial charge < -0.3 is 10.6 Å². The molecule has 1 amide bonds. The molecule has 1 aromatic carbocycles. The van der Waals surface area contributed by atoms with Gasteiger partial charge in [0.05, 0.1) is 17.3 Å². The van der Waals surface area contributed by atoms with Gasteiger partial charge in [-0.2, -0.15) is 0 Å². The number of carbonyl (C=O) groups is 1. The van der Waals surface area contributed by atoms with Gasteiger partial charge in [-0.25, -0.2) is 0 Å². The smallest absolute Gasteiger partial charge is 0.238 e. The van der Waals surface area contributed by atoms with Crippen LogP contribution in [0.1, 0.15) is 19.4 Å². The lowest BCUT2D eigenvalue weighted by molar-refractivity contribution is -0.118. The maximum atomic E-state index is 12.1. The molecule has 110 valence electrons. The highest BCUT2D eigenvalue weighted by molar-refractivity contribution is 6.33. The van der Waals surface area contributed by atoms with Crippen molar-refractivity contribution in [2.45, 2.75) is 32.9 Å². The number of piperazine rings is 1. The fourth-order valence-electron chi connectivity index (χ4n) is 2.41. The zero-order chi connectivity index (χ0) is 14.7. The molecule has 0 radical (unpaired) electrons. The molecule has 0 saturated carbocycles. The summed E-state index contributed by atoms with van der Waals surface area (Å²) in [4.78, 5) is 14.3. The highest BCUT2D eigenvalue weighted by Gasteiger charge is 2.24. The Morgan fingerprint density at radius 3 is 2.95 bits per heavy atom. The largest absolute Gasteiger partial charge is 0.324 e. The van der Waals surface area contributed by atoms with Crippen LogP contribution in [-0.4, -0.2) is 42.5 Å². The van der Waals surface area contributed by atoms with E-state index in [-0.39, 0.29) is 5.91 Å². The van der Waals surface area contributed by atoms with Gasteiger partial charge in [0.2, 0.25) is 5.91 Å². The van der Waals surface area contributed by atoms with Gasteiger partial charge in [-0.3, -0.25) is 9.69 Å². The Balaban J connectivity index is 1.94. The number of hydrogen-bond donors (Lipinski definition) is 2. The van der Waals surface area contributed by atoms with Crippen LogP contribution in [-0.2, 0) is 4.79 Å². The van der Waals surface area contributed by atoms with E-state index in [1.165, 1.54) is 0 Å². The van der Waals surface area contributed by atoms with Crippen LogP contribution in [0.15, 0.2) is 18.2 Å². The molecule has 2 atom stereocenters. The number of nitrogens with one attached hydrogen (secondary N) is 2. The van der Waals surface area contributed by atoms with E-state index in [1.54, 1.807) is 0 Å². The van der Waals surface area contributed by atoms with Crippen molar-refractivity contribution in [3.63, 3.8) is 0 Å². The van der Waals surface area contributed by atoms with E-state index < -0.39 is 0 Å². The van der Waals surface area contributed by atoms with Crippen molar-refractivity contribution in [2.24, 2.45) is 0 Å². The molecule has 1 aromatic rings. The molecule has 5 heteroatoms. The van der Waals surface area contributed by atoms with E-state index in [0.717, 1.165) is 18.7 Å². The van der Waals surface area contributed by atoms with E-state index >= 15 is 0 Å². The van der Waals surface area contributed by atoms with Crippen LogP contribution in [0.2, 0.25) is 5.02 Å². The fourth-order valence-corrected chi connectivity index (χ4v) is 2.70. The molecule has 1 heterocycles. The minimum atomic E-state index is -0.0169. The summed E-state index contributed by atoms with van der Waals surface area (Å²) in [6, 6.07) is 6.43. The molecular formula is C15H22ClN3O. The number of nitrogens with zero attached hydrogens (tertiary/aromatic N) is 1. The van der Waals surface area contributed by atoms with Gasteiger partial charge in [0, 0.05) is 25.2 Å². The molecular weight excluding hydrogens is 274 g/mol. The normalized spacial score (nSPS) is 23.6. The third kappa shape index (κ3) is 3.95. The van der Waals surface area contributed by atoms with Crippen LogP contribution in [0.4, 0.5) is 5.69 Å². The molecule has 4 nitrogen and oxygen atoms in total. The van der Waals surface area contributed by atoms with Gasteiger partial charge in [0.1, 0.15) is 0 Å². The van der Waals surface area contributed by atoms with Crippen molar-refractivity contribution >= 4 is 23.2 Å². The Kier molecular flexibility index (Phi) is 5.02. The molecule has 0 aliphatic carbocycles. The Morgan fingerprint density at radius 1 is 1.50 bits per heavy atom. The predicted molar refractivity (Wildman–Crippen MR) is 83.3 cm³/mol. The first kappa shape index (κ1) is 15.3. The summed E-state index contributed by atoms with van der Waals surface area (Å²) in [6.07, 6.45) is 0. The number of halogens is 1. The second kappa shape index (κ2) is 6.57. The van der Waals surface area contributed by atoms with Crippen LogP contribution >= 0.6 is 11.6 Å². The number of benzene rings is 1. The number of carbonyl (C=O) groups excluding carboxylic acids is 1. The Labute approximate surface area is 125 Å². The Morgan fingerprint density at radius 2 is 2.25 bits per heavy atom. The number of hydrogen-bond acceptors (Lipinski definition) is 3. The number of amides is 1. The van der Waals surface area contributed by atoms with Gasteiger partial charge in [-0.05, 0) is 38.5 Å². The quantitative estimate of drug-likeness (QED) is 0.899. The summed E-state index contributed by atoms with van der Waals surface area (Å²) in [5.41, 5.74) is 1.76. The highest BCUT2D eigenvalue weighted by Crippen LogP contribution is 2.22. The average Bonchev–Trinajstić information content (AvgIpc) is 2.37. The van der Waals surface area contributed by atoms with E-state index in [4.69, 9.17) is 11.6 Å². The third-order valence-corrected chi connectivity index (χ3v) is 3.95. The summed E-state index contributed by atoms with van der Waals surface area (Å²) in [6.45, 7) is 8.44. The molecule has 1 fully saturated rings. The van der Waals surface area contributed by atoms with E-state index in [1.807, 2.05) is 25.1 Å². The zero-order valence-corrected chi connectivity index (χ0v) is 13.0. The number of anilines is 1. The minimum absolute atomic E-state index is 0.0169. The highest BCUT2D eigenvalue weighted by atomic mass is 35.5. The SMILES string of the molecule is Cc1ccc(NC(=O)CN2CC(C)NCC2C)c(Cl)c1. The minimum Gasteiger partial charge on any atom is -0.324 e. The Hall–Kier alpha value is -1.10. The lowest BCUT2D eigenvalue weighted by Crippen LogP contribution is -2.55. The fraction of sp³-hybridized carbons (Fsp3) is 0.533. The number of rotatable bonds is 3. The summed E-state index contributed by atoms with van der Waals surface area (Å²) in [7, 11) is 0. The van der Waals surface area contributed by atoms with Crippen molar-refractivity contribution in [1.29, 1.82) is 0 Å². The van der Waals surface area contributed by atoms with Gasteiger partial charge in [-0.1, -0.05) is 17.7 Å². The maximum Gasteiger partial charge on any atom is 0.238 e. The molecule has 0 aromatic heterocycles. The monoisotopic (exact) mass is 295 g/mol. The van der Waals surface area contributed by atoms with Crippen LogP contribution in [0.3, 0.4) is 0 Å². The van der Waals surface area contributed by atoms with Crippen molar-refractivity contribution in [3.05, 3.63) is 28.8 Å². The summed E-state index contributed by atoms with van der Waals surface area (Å²) in [5.74, 6) is -0.0169. The molecule has 1 aliphatic heterocycles. The molecule has 2 N–H and O–H groups in total. The Bertz CT molecular complexity index is 492. The van der Waals surface area contributed by atoms with Gasteiger partial charge >= 0.3 is 0 Å². The summed E-state index contributed by atoms with van der Waals surface area (Å²) < 4.78 is 0. The van der Waals surface area contributed by atoms with Gasteiger partial charge in [-0.15, -0.1) is 0 Å². The molecule has 2 unspecified atom stereocenters. The van der Waals surface area contributed by atoms with Crippen LogP contribution in [0, 0.1) is 6.92 Å². The van der Waals surface area contributed by atoms with Crippen molar-refractivity contribution in [2.75, 3.05) is 25.0 Å². The van der Waals surface area contributed by atoms with E-state index in [2.05, 4.69) is 29.4 Å². The maximum absolute atomic E-state index is 12.1. The van der Waals surface area contributed by atoms with Gasteiger partial charge in [0.15, 0.2) is 0 Å². The van der Waals surface area contributed by atoms with Crippen molar-refractivity contribution < 1.29 is 4.79 Å². The molecule has 2 rings (SSSR count). The van der Waals surface area contributed by atoms with Crippen LogP contribution < -0.4 is 10.6 Å². The standard InChI is InChI=1S/C15H22ClN3O/c1-10-4-5-14(13(16)6-10)18-15(20)9-19-8-11(2)17-7-12(19)3/h4-6,11-12,17H,7-9H2,1-3H3,(H,18,20). The van der Waals surface area contributed by atoms with Gasteiger partial charge in [0.25, 0.3) is 0 Å². The number of aryl methyl sites for hydroxylation is 1. The van der Waals surface area contributed by atoms with Crippen molar-refractivity contribution in [1.82, 2.24) is 10.2 Å². The first-order valence-corrected chi connectivity index (χ1v) is 7.37. The lowest BCUT2D eigenvalue weighted by atomic mass is 10.1. The lowest BCUT2D eigenvalue weighted by Gasteiger charge is -2.36. The predicted octanol–water partition coefficient (Wildman–Crippen LogP) is 2.27. The molecule has 0 spiro atoms. The van der Waals surface area contributed by atoms with Crippen molar-refractivity contribution in [3.8, 4) is 0 Å². The van der Waals surface area contributed by atoms with E-state index in [9.17, 15) is 4.79 Å². The van der Waals surface area contributed by atoms with Crippen LogP contribution in [0.25, 0.3) is 0 Å². The summed E-state index contributed by atoms with van der Waals surface area (Å²) in [5, 5.41) is 6.88. The third-order valence-electron chi connectivity index (χ3n) is 3.64. The molecule has 1 aliphatic rings. The first-order chi connectivity index (χ1) is 9.45. The first-order valence-electron chi connectivity index (χ1n) is 6.99. The topological polar surface area (TPSA) is 44.4 Å². The van der Waals surface area contributed by atoms with Crippen LogP contribution in [0.5, 0.6) is 0 Å². The molecule has 0 bridgehead atoms. The zero-order valence-electron chi connectivity index (χ0n) is 12.2. The molecule has 1 saturated heterocycles. The molecule has 20 heavy (non-hydrogen) atoms. The second-order valence-corrected chi connectivity index (χ2v) is 6.03. The summed E-state index contributed by atoms with van der Waals surface area (Å²) >= 11 is 6.13. The van der Waals surface area contributed by atoms with E-state index in [0.29, 0.717) is 29.3 Å². The average molecular weight is 296 g/mol. The second-order valence-electron chi connectivity index (χ2n) is 5.62.